The van der Waals surface area contributed by atoms with E-state index in [-0.39, 0.29) is 12.0 Å². The lowest BCUT2D eigenvalue weighted by molar-refractivity contribution is -0.144. The Balaban J connectivity index is 2.14. The molecule has 0 spiro atoms. The summed E-state index contributed by atoms with van der Waals surface area (Å²) in [6, 6.07) is 3.22. The largest absolute Gasteiger partial charge is 0.464 e. The molecule has 1 atom stereocenters. The molecule has 0 bridgehead atoms. The molecular weight excluding hydrogens is 220 g/mol. The molecule has 1 aliphatic rings. The van der Waals surface area contributed by atoms with Crippen LogP contribution in [0.2, 0.25) is 0 Å². The van der Waals surface area contributed by atoms with Crippen LogP contribution in [0.5, 0.6) is 0 Å². The summed E-state index contributed by atoms with van der Waals surface area (Å²) in [4.78, 5) is 13.7. The summed E-state index contributed by atoms with van der Waals surface area (Å²) < 4.78 is 5.05. The highest BCUT2D eigenvalue weighted by Gasteiger charge is 2.32. The van der Waals surface area contributed by atoms with Gasteiger partial charge in [-0.3, -0.25) is 0 Å². The Morgan fingerprint density at radius 1 is 1.59 bits per heavy atom. The topological polar surface area (TPSA) is 81.3 Å². The second-order valence-corrected chi connectivity index (χ2v) is 3.92. The van der Waals surface area contributed by atoms with Crippen LogP contribution in [0.15, 0.2) is 12.1 Å². The van der Waals surface area contributed by atoms with Crippen molar-refractivity contribution in [1.82, 2.24) is 10.2 Å². The molecule has 0 aliphatic carbocycles. The summed E-state index contributed by atoms with van der Waals surface area (Å²) in [5.74, 6) is 0.860. The molecule has 1 unspecified atom stereocenters. The zero-order valence-electron chi connectivity index (χ0n) is 9.80. The van der Waals surface area contributed by atoms with Gasteiger partial charge in [0, 0.05) is 6.54 Å². The number of rotatable bonds is 3. The maximum Gasteiger partial charge on any atom is 0.328 e. The van der Waals surface area contributed by atoms with E-state index in [1.807, 2.05) is 4.90 Å². The van der Waals surface area contributed by atoms with Crippen molar-refractivity contribution in [3.8, 4) is 0 Å². The SMILES string of the molecule is CCOC(=O)C1CCCN1c1ccc(N)nn1. The van der Waals surface area contributed by atoms with Gasteiger partial charge in [-0.15, -0.1) is 10.2 Å². The van der Waals surface area contributed by atoms with Crippen molar-refractivity contribution in [3.63, 3.8) is 0 Å². The van der Waals surface area contributed by atoms with E-state index in [0.29, 0.717) is 18.2 Å². The molecule has 1 fully saturated rings. The van der Waals surface area contributed by atoms with Crippen LogP contribution in [0.25, 0.3) is 0 Å². The van der Waals surface area contributed by atoms with Crippen molar-refractivity contribution in [3.05, 3.63) is 12.1 Å². The fraction of sp³-hybridized carbons (Fsp3) is 0.545. The fourth-order valence-corrected chi connectivity index (χ4v) is 2.01. The van der Waals surface area contributed by atoms with Crippen LogP contribution in [-0.2, 0) is 9.53 Å². The van der Waals surface area contributed by atoms with Crippen LogP contribution in [0, 0.1) is 0 Å². The van der Waals surface area contributed by atoms with Crippen LogP contribution in [0.4, 0.5) is 11.6 Å². The number of carbonyl (C=O) groups excluding carboxylic acids is 1. The molecule has 0 saturated carbocycles. The van der Waals surface area contributed by atoms with Crippen LogP contribution in [0.1, 0.15) is 19.8 Å². The summed E-state index contributed by atoms with van der Waals surface area (Å²) in [7, 11) is 0. The Labute approximate surface area is 99.8 Å². The lowest BCUT2D eigenvalue weighted by Crippen LogP contribution is -2.38. The van der Waals surface area contributed by atoms with Crippen molar-refractivity contribution < 1.29 is 9.53 Å². The summed E-state index contributed by atoms with van der Waals surface area (Å²) in [5, 5.41) is 7.79. The number of nitrogens with two attached hydrogens (primary N) is 1. The number of nitrogen functional groups attached to an aromatic ring is 1. The monoisotopic (exact) mass is 236 g/mol. The van der Waals surface area contributed by atoms with Gasteiger partial charge in [-0.25, -0.2) is 4.79 Å². The van der Waals surface area contributed by atoms with E-state index in [1.54, 1.807) is 19.1 Å². The average Bonchev–Trinajstić information content (AvgIpc) is 2.79. The third kappa shape index (κ3) is 2.46. The summed E-state index contributed by atoms with van der Waals surface area (Å²) >= 11 is 0. The van der Waals surface area contributed by atoms with E-state index in [1.165, 1.54) is 0 Å². The maximum atomic E-state index is 11.8. The molecule has 1 aromatic heterocycles. The number of anilines is 2. The molecule has 1 aromatic rings. The molecule has 0 radical (unpaired) electrons. The summed E-state index contributed by atoms with van der Waals surface area (Å²) in [6.45, 7) is 3.00. The third-order valence-electron chi connectivity index (χ3n) is 2.78. The second kappa shape index (κ2) is 4.99. The molecular formula is C11H16N4O2. The van der Waals surface area contributed by atoms with Gasteiger partial charge in [0.2, 0.25) is 0 Å². The van der Waals surface area contributed by atoms with E-state index in [0.717, 1.165) is 19.4 Å². The van der Waals surface area contributed by atoms with Crippen LogP contribution < -0.4 is 10.6 Å². The molecule has 2 rings (SSSR count). The van der Waals surface area contributed by atoms with Gasteiger partial charge in [0.25, 0.3) is 0 Å². The highest BCUT2D eigenvalue weighted by Crippen LogP contribution is 2.24. The number of esters is 1. The predicted octanol–water partition coefficient (Wildman–Crippen LogP) is 0.591. The molecule has 17 heavy (non-hydrogen) atoms. The van der Waals surface area contributed by atoms with Crippen LogP contribution in [0.3, 0.4) is 0 Å². The second-order valence-electron chi connectivity index (χ2n) is 3.92. The molecule has 6 nitrogen and oxygen atoms in total. The molecule has 6 heteroatoms. The number of carbonyl (C=O) groups is 1. The van der Waals surface area contributed by atoms with Gasteiger partial charge in [0.1, 0.15) is 11.9 Å². The van der Waals surface area contributed by atoms with Crippen molar-refractivity contribution in [2.45, 2.75) is 25.8 Å². The summed E-state index contributed by atoms with van der Waals surface area (Å²) in [6.07, 6.45) is 1.75. The normalized spacial score (nSPS) is 19.4. The third-order valence-corrected chi connectivity index (χ3v) is 2.78. The lowest BCUT2D eigenvalue weighted by Gasteiger charge is -2.23. The Kier molecular flexibility index (Phi) is 3.41. The van der Waals surface area contributed by atoms with Gasteiger partial charge >= 0.3 is 5.97 Å². The van der Waals surface area contributed by atoms with E-state index in [4.69, 9.17) is 10.5 Å². The minimum absolute atomic E-state index is 0.191. The van der Waals surface area contributed by atoms with E-state index in [2.05, 4.69) is 10.2 Å². The van der Waals surface area contributed by atoms with E-state index < -0.39 is 0 Å². The van der Waals surface area contributed by atoms with Gasteiger partial charge in [0.15, 0.2) is 5.82 Å². The molecule has 1 aliphatic heterocycles. The first-order chi connectivity index (χ1) is 8.22. The number of nitrogens with zero attached hydrogens (tertiary/aromatic N) is 3. The molecule has 0 amide bonds. The summed E-state index contributed by atoms with van der Waals surface area (Å²) in [5.41, 5.74) is 5.48. The molecule has 2 N–H and O–H groups in total. The minimum Gasteiger partial charge on any atom is -0.464 e. The Bertz CT molecular complexity index is 393. The zero-order chi connectivity index (χ0) is 12.3. The van der Waals surface area contributed by atoms with Crippen LogP contribution >= 0.6 is 0 Å². The molecule has 1 saturated heterocycles. The Morgan fingerprint density at radius 2 is 2.41 bits per heavy atom. The molecule has 0 aromatic carbocycles. The standard InChI is InChI=1S/C11H16N4O2/c1-2-17-11(16)8-4-3-7-15(8)10-6-5-9(12)13-14-10/h5-6,8H,2-4,7H2,1H3,(H2,12,13). The first-order valence-corrected chi connectivity index (χ1v) is 5.75. The van der Waals surface area contributed by atoms with Crippen molar-refractivity contribution >= 4 is 17.6 Å². The van der Waals surface area contributed by atoms with E-state index >= 15 is 0 Å². The predicted molar refractivity (Wildman–Crippen MR) is 63.4 cm³/mol. The minimum atomic E-state index is -0.243. The Morgan fingerprint density at radius 3 is 3.06 bits per heavy atom. The van der Waals surface area contributed by atoms with Crippen molar-refractivity contribution in [2.75, 3.05) is 23.8 Å². The fourth-order valence-electron chi connectivity index (χ4n) is 2.01. The number of ether oxygens (including phenoxy) is 1. The van der Waals surface area contributed by atoms with E-state index in [9.17, 15) is 4.79 Å². The highest BCUT2D eigenvalue weighted by atomic mass is 16.5. The number of hydrogen-bond donors (Lipinski definition) is 1. The van der Waals surface area contributed by atoms with Gasteiger partial charge in [-0.05, 0) is 31.9 Å². The first kappa shape index (κ1) is 11.6. The maximum absolute atomic E-state index is 11.8. The van der Waals surface area contributed by atoms with Crippen molar-refractivity contribution in [2.24, 2.45) is 0 Å². The number of aromatic nitrogens is 2. The zero-order valence-corrected chi connectivity index (χ0v) is 9.80. The average molecular weight is 236 g/mol. The van der Waals surface area contributed by atoms with Gasteiger partial charge in [0.05, 0.1) is 6.61 Å². The number of hydrogen-bond acceptors (Lipinski definition) is 6. The van der Waals surface area contributed by atoms with Gasteiger partial charge < -0.3 is 15.4 Å². The van der Waals surface area contributed by atoms with Gasteiger partial charge in [-0.1, -0.05) is 0 Å². The first-order valence-electron chi connectivity index (χ1n) is 5.75. The molecule has 2 heterocycles. The highest BCUT2D eigenvalue weighted by molar-refractivity contribution is 5.80. The molecule has 92 valence electrons. The lowest BCUT2D eigenvalue weighted by atomic mass is 10.2. The van der Waals surface area contributed by atoms with Crippen molar-refractivity contribution in [1.29, 1.82) is 0 Å². The van der Waals surface area contributed by atoms with Crippen LogP contribution in [-0.4, -0.2) is 35.4 Å². The smallest absolute Gasteiger partial charge is 0.328 e. The quantitative estimate of drug-likeness (QED) is 0.773. The Hall–Kier alpha value is -1.85. The van der Waals surface area contributed by atoms with Gasteiger partial charge in [-0.2, -0.15) is 0 Å².